The van der Waals surface area contributed by atoms with Crippen LogP contribution in [0.4, 0.5) is 20.3 Å². The van der Waals surface area contributed by atoms with Crippen LogP contribution in [0.15, 0.2) is 32.3 Å². The van der Waals surface area contributed by atoms with Crippen molar-refractivity contribution in [2.24, 2.45) is 10.1 Å². The largest absolute Gasteiger partial charge is 0.362 e. The van der Waals surface area contributed by atoms with E-state index in [-0.39, 0.29) is 47.0 Å². The Bertz CT molecular complexity index is 1030. The molecule has 158 valence electrons. The van der Waals surface area contributed by atoms with Crippen LogP contribution >= 0.6 is 15.9 Å². The van der Waals surface area contributed by atoms with Gasteiger partial charge in [0.25, 0.3) is 10.2 Å². The van der Waals surface area contributed by atoms with Crippen LogP contribution in [-0.4, -0.2) is 59.4 Å². The molecule has 0 aliphatic carbocycles. The lowest BCUT2D eigenvalue weighted by atomic mass is 10.1. The lowest BCUT2D eigenvalue weighted by Gasteiger charge is -2.20. The van der Waals surface area contributed by atoms with Crippen LogP contribution in [0.5, 0.6) is 0 Å². The lowest BCUT2D eigenvalue weighted by Crippen LogP contribution is -2.40. The Kier molecular flexibility index (Phi) is 6.13. The van der Waals surface area contributed by atoms with Crippen molar-refractivity contribution in [3.63, 3.8) is 0 Å². The number of amidine groups is 1. The van der Waals surface area contributed by atoms with Gasteiger partial charge in [-0.3, -0.25) is 10.7 Å². The molecule has 5 N–H and O–H groups in total. The lowest BCUT2D eigenvalue weighted by molar-refractivity contribution is 0.197. The third kappa shape index (κ3) is 5.05. The van der Waals surface area contributed by atoms with Crippen molar-refractivity contribution in [1.29, 1.82) is 0 Å². The molecule has 1 fully saturated rings. The molecule has 11 nitrogen and oxygen atoms in total. The van der Waals surface area contributed by atoms with E-state index in [1.165, 1.54) is 18.2 Å². The Labute approximate surface area is 172 Å². The summed E-state index contributed by atoms with van der Waals surface area (Å²) in [5, 5.41) is 24.3. The van der Waals surface area contributed by atoms with E-state index in [2.05, 4.69) is 41.2 Å². The van der Waals surface area contributed by atoms with Gasteiger partial charge in [-0.2, -0.15) is 12.7 Å². The Morgan fingerprint density at radius 3 is 2.86 bits per heavy atom. The summed E-state index contributed by atoms with van der Waals surface area (Å²) in [4.78, 5) is 4.08. The van der Waals surface area contributed by atoms with Gasteiger partial charge in [0.15, 0.2) is 11.5 Å². The zero-order valence-corrected chi connectivity index (χ0v) is 17.0. The number of anilines is 1. The Morgan fingerprint density at radius 1 is 1.48 bits per heavy atom. The first kappa shape index (κ1) is 21.5. The number of hydrogen-bond donors (Lipinski definition) is 4. The van der Waals surface area contributed by atoms with Gasteiger partial charge in [-0.25, -0.2) is 23.5 Å². The van der Waals surface area contributed by atoms with Crippen molar-refractivity contribution in [3.05, 3.63) is 34.2 Å². The third-order valence-corrected chi connectivity index (χ3v) is 5.80. The van der Waals surface area contributed by atoms with Crippen LogP contribution in [0.25, 0.3) is 0 Å². The molecule has 3 rings (SSSR count). The van der Waals surface area contributed by atoms with E-state index < -0.39 is 28.2 Å². The Balaban J connectivity index is 1.76. The quantitative estimate of drug-likeness (QED) is 0.263. The second-order valence-corrected chi connectivity index (χ2v) is 8.67. The number of hydrogen-bond acceptors (Lipinski definition) is 8. The monoisotopic (exact) mass is 495 g/mol. The molecule has 2 heterocycles. The first-order valence-corrected chi connectivity index (χ1v) is 10.4. The molecule has 1 aromatic carbocycles. The second kappa shape index (κ2) is 8.27. The summed E-state index contributed by atoms with van der Waals surface area (Å²) in [7, 11) is -3.99. The average molecular weight is 496 g/mol. The summed E-state index contributed by atoms with van der Waals surface area (Å²) in [6, 6.07) is 3.89. The van der Waals surface area contributed by atoms with Crippen molar-refractivity contribution in [3.8, 4) is 0 Å². The maximum atomic E-state index is 14.9. The fraction of sp³-hybridized carbons (Fsp3) is 0.357. The summed E-state index contributed by atoms with van der Waals surface area (Å²) in [6.07, 6.45) is -0.0696. The first-order valence-electron chi connectivity index (χ1n) is 8.09. The minimum absolute atomic E-state index is 0.0439. The fourth-order valence-electron chi connectivity index (χ4n) is 2.68. The molecule has 0 spiro atoms. The molecular weight excluding hydrogens is 480 g/mol. The second-order valence-electron chi connectivity index (χ2n) is 6.27. The van der Waals surface area contributed by atoms with E-state index in [9.17, 15) is 22.4 Å². The highest BCUT2D eigenvalue weighted by Gasteiger charge is 2.42. The molecule has 1 aliphatic heterocycles. The van der Waals surface area contributed by atoms with Crippen LogP contribution in [0.1, 0.15) is 12.1 Å². The van der Waals surface area contributed by atoms with Crippen LogP contribution in [-0.2, 0) is 10.2 Å². The summed E-state index contributed by atoms with van der Waals surface area (Å²) in [6.45, 7) is -0.783. The van der Waals surface area contributed by atoms with Crippen molar-refractivity contribution in [1.82, 2.24) is 20.1 Å². The molecule has 1 aliphatic rings. The van der Waals surface area contributed by atoms with E-state index >= 15 is 0 Å². The standard InChI is InChI=1S/C14H16BrF2N7O4S/c15-9-5-8(1-2-10(9)16)20-13(21-25)11-12(23-28-22-11)19-6-14(17)3-4-24(7-14)29(18,26)27/h1-2,5,25H,3-4,6-7H2,(H,19,23)(H,20,21)(H2,18,26,27)/t14-/m0/s1. The third-order valence-electron chi connectivity index (χ3n) is 4.16. The number of alkyl halides is 1. The van der Waals surface area contributed by atoms with Crippen molar-refractivity contribution in [2.45, 2.75) is 12.1 Å². The first-order chi connectivity index (χ1) is 13.6. The van der Waals surface area contributed by atoms with Crippen molar-refractivity contribution in [2.75, 3.05) is 25.0 Å². The highest BCUT2D eigenvalue weighted by Crippen LogP contribution is 2.28. The maximum Gasteiger partial charge on any atom is 0.277 e. The Hall–Kier alpha value is -2.20. The molecule has 0 bridgehead atoms. The molecule has 1 saturated heterocycles. The number of nitrogens with zero attached hydrogens (tertiary/aromatic N) is 4. The van der Waals surface area contributed by atoms with Gasteiger partial charge in [-0.15, -0.1) is 0 Å². The van der Waals surface area contributed by atoms with E-state index in [0.29, 0.717) is 0 Å². The van der Waals surface area contributed by atoms with Gasteiger partial charge in [0.2, 0.25) is 5.82 Å². The fourth-order valence-corrected chi connectivity index (χ4v) is 3.80. The van der Waals surface area contributed by atoms with Gasteiger partial charge in [-0.1, -0.05) is 0 Å². The van der Waals surface area contributed by atoms with Crippen LogP contribution in [0.2, 0.25) is 0 Å². The van der Waals surface area contributed by atoms with E-state index in [0.717, 1.165) is 4.31 Å². The number of hydroxylamine groups is 1. The van der Waals surface area contributed by atoms with Gasteiger partial charge < -0.3 is 5.32 Å². The molecule has 1 atom stereocenters. The average Bonchev–Trinajstić information content (AvgIpc) is 3.28. The molecule has 1 aromatic heterocycles. The minimum Gasteiger partial charge on any atom is -0.362 e. The predicted octanol–water partition coefficient (Wildman–Crippen LogP) is 1.06. The summed E-state index contributed by atoms with van der Waals surface area (Å²) >= 11 is 3.02. The summed E-state index contributed by atoms with van der Waals surface area (Å²) in [5.74, 6) is -0.735. The molecule has 0 unspecified atom stereocenters. The zero-order valence-electron chi connectivity index (χ0n) is 14.6. The van der Waals surface area contributed by atoms with E-state index in [1.807, 2.05) is 5.48 Å². The van der Waals surface area contributed by atoms with Gasteiger partial charge in [0.05, 0.1) is 23.2 Å². The van der Waals surface area contributed by atoms with E-state index in [1.54, 1.807) is 0 Å². The normalized spacial score (nSPS) is 20.8. The highest BCUT2D eigenvalue weighted by molar-refractivity contribution is 9.10. The maximum absolute atomic E-state index is 14.9. The van der Waals surface area contributed by atoms with E-state index in [4.69, 9.17) is 5.14 Å². The van der Waals surface area contributed by atoms with Crippen LogP contribution in [0, 0.1) is 5.82 Å². The molecular formula is C14H16BrF2N7O4S. The van der Waals surface area contributed by atoms with Crippen molar-refractivity contribution < 1.29 is 27.0 Å². The van der Waals surface area contributed by atoms with Gasteiger partial charge in [0.1, 0.15) is 11.5 Å². The number of halogens is 3. The van der Waals surface area contributed by atoms with Crippen LogP contribution < -0.4 is 15.9 Å². The SMILES string of the molecule is NS(=O)(=O)N1CC[C@](F)(CNc2nonc2C(=Nc2ccc(F)c(Br)c2)NO)C1. The minimum atomic E-state index is -3.99. The number of aliphatic imine (C=N–C) groups is 1. The van der Waals surface area contributed by atoms with Gasteiger partial charge >= 0.3 is 0 Å². The summed E-state index contributed by atoms with van der Waals surface area (Å²) < 4.78 is 56.6. The molecule has 15 heteroatoms. The predicted molar refractivity (Wildman–Crippen MR) is 101 cm³/mol. The van der Waals surface area contributed by atoms with Gasteiger partial charge in [0, 0.05) is 6.54 Å². The highest BCUT2D eigenvalue weighted by atomic mass is 79.9. The topological polar surface area (TPSA) is 159 Å². The molecule has 2 aromatic rings. The molecule has 0 saturated carbocycles. The molecule has 0 amide bonds. The molecule has 0 radical (unpaired) electrons. The zero-order chi connectivity index (χ0) is 21.2. The Morgan fingerprint density at radius 2 is 2.24 bits per heavy atom. The van der Waals surface area contributed by atoms with Crippen LogP contribution in [0.3, 0.4) is 0 Å². The number of benzene rings is 1. The number of nitrogens with two attached hydrogens (primary N) is 1. The molecule has 29 heavy (non-hydrogen) atoms. The summed E-state index contributed by atoms with van der Waals surface area (Å²) in [5.41, 5.74) is 0.135. The van der Waals surface area contributed by atoms with Crippen molar-refractivity contribution >= 4 is 43.5 Å². The van der Waals surface area contributed by atoms with Gasteiger partial charge in [-0.05, 0) is 50.9 Å². The number of rotatable bonds is 6. The number of nitrogens with one attached hydrogen (secondary N) is 2. The number of aromatic nitrogens is 2. The smallest absolute Gasteiger partial charge is 0.277 e.